The van der Waals surface area contributed by atoms with Crippen LogP contribution in [0, 0.1) is 0 Å². The summed E-state index contributed by atoms with van der Waals surface area (Å²) in [6.07, 6.45) is 0. The van der Waals surface area contributed by atoms with Crippen molar-refractivity contribution in [3.8, 4) is 5.75 Å². The van der Waals surface area contributed by atoms with Gasteiger partial charge in [-0.25, -0.2) is 8.42 Å². The third-order valence-electron chi connectivity index (χ3n) is 4.63. The van der Waals surface area contributed by atoms with Gasteiger partial charge in [-0.15, -0.1) is 0 Å². The lowest BCUT2D eigenvalue weighted by Crippen LogP contribution is -2.37. The van der Waals surface area contributed by atoms with Crippen LogP contribution < -0.4 is 9.64 Å². The molecule has 2 aromatic rings. The highest BCUT2D eigenvalue weighted by Crippen LogP contribution is 2.31. The maximum Gasteiger partial charge on any atom is 0.246 e. The molecule has 0 atom stereocenters. The second-order valence-corrected chi connectivity index (χ2v) is 9.44. The van der Waals surface area contributed by atoms with Gasteiger partial charge < -0.3 is 14.4 Å². The number of para-hydroxylation sites is 1. The fraction of sp³-hybridized carbons (Fsp3) is 0.400. The summed E-state index contributed by atoms with van der Waals surface area (Å²) in [4.78, 5) is 2.40. The van der Waals surface area contributed by atoms with E-state index in [9.17, 15) is 8.42 Å². The molecule has 1 fully saturated rings. The predicted octanol–water partition coefficient (Wildman–Crippen LogP) is 3.51. The lowest BCUT2D eigenvalue weighted by molar-refractivity contribution is 0.122. The highest BCUT2D eigenvalue weighted by Gasteiger charge is 2.26. The zero-order valence-electron chi connectivity index (χ0n) is 16.1. The van der Waals surface area contributed by atoms with Crippen molar-refractivity contribution >= 4 is 31.6 Å². The Labute approximate surface area is 175 Å². The van der Waals surface area contributed by atoms with Crippen molar-refractivity contribution < 1.29 is 17.9 Å². The molecule has 1 aliphatic rings. The van der Waals surface area contributed by atoms with E-state index in [1.165, 1.54) is 4.31 Å². The van der Waals surface area contributed by atoms with Crippen molar-refractivity contribution in [1.82, 2.24) is 4.31 Å². The van der Waals surface area contributed by atoms with E-state index in [-0.39, 0.29) is 11.4 Å². The molecule has 0 spiro atoms. The average molecular weight is 469 g/mol. The first-order chi connectivity index (χ1) is 13.4. The zero-order valence-corrected chi connectivity index (χ0v) is 18.5. The lowest BCUT2D eigenvalue weighted by atomic mass is 10.1. The molecule has 0 aliphatic carbocycles. The molecule has 28 heavy (non-hydrogen) atoms. The molecule has 3 rings (SSSR count). The van der Waals surface area contributed by atoms with Crippen LogP contribution in [-0.2, 0) is 21.3 Å². The number of halogens is 1. The maximum absolute atomic E-state index is 13.3. The van der Waals surface area contributed by atoms with Crippen LogP contribution in [0.4, 0.5) is 5.69 Å². The van der Waals surface area contributed by atoms with E-state index < -0.39 is 10.0 Å². The van der Waals surface area contributed by atoms with E-state index >= 15 is 0 Å². The van der Waals surface area contributed by atoms with Crippen LogP contribution in [0.25, 0.3) is 0 Å². The molecule has 2 aromatic carbocycles. The van der Waals surface area contributed by atoms with Crippen LogP contribution in [0.3, 0.4) is 0 Å². The normalized spacial score (nSPS) is 15.1. The highest BCUT2D eigenvalue weighted by molar-refractivity contribution is 9.10. The summed E-state index contributed by atoms with van der Waals surface area (Å²) in [6.45, 7) is 5.46. The molecule has 0 aromatic heterocycles. The van der Waals surface area contributed by atoms with E-state index in [0.717, 1.165) is 24.3 Å². The molecule has 0 unspecified atom stereocenters. The molecule has 0 saturated carbocycles. The van der Waals surface area contributed by atoms with Crippen LogP contribution in [0.15, 0.2) is 51.8 Å². The summed E-state index contributed by atoms with van der Waals surface area (Å²) in [5, 5.41) is 0. The van der Waals surface area contributed by atoms with Crippen molar-refractivity contribution in [2.24, 2.45) is 0 Å². The molecular weight excluding hydrogens is 444 g/mol. The number of hydrogen-bond donors (Lipinski definition) is 0. The lowest BCUT2D eigenvalue weighted by Gasteiger charge is -2.31. The van der Waals surface area contributed by atoms with Crippen LogP contribution in [0.2, 0.25) is 0 Å². The third kappa shape index (κ3) is 4.68. The van der Waals surface area contributed by atoms with E-state index in [0.29, 0.717) is 30.0 Å². The molecule has 8 heteroatoms. The number of ether oxygens (including phenoxy) is 2. The van der Waals surface area contributed by atoms with Gasteiger partial charge in [-0.05, 0) is 36.8 Å². The number of morpholine rings is 1. The first kappa shape index (κ1) is 21.1. The molecule has 6 nitrogen and oxygen atoms in total. The largest absolute Gasteiger partial charge is 0.492 e. The number of anilines is 1. The smallest absolute Gasteiger partial charge is 0.246 e. The molecule has 0 N–H and O–H groups in total. The number of rotatable bonds is 7. The monoisotopic (exact) mass is 468 g/mol. The summed E-state index contributed by atoms with van der Waals surface area (Å²) in [6, 6.07) is 13.0. The third-order valence-corrected chi connectivity index (χ3v) is 6.95. The Morgan fingerprint density at radius 1 is 1.18 bits per heavy atom. The van der Waals surface area contributed by atoms with Gasteiger partial charge in [0.25, 0.3) is 0 Å². The predicted molar refractivity (Wildman–Crippen MR) is 113 cm³/mol. The molecule has 1 saturated heterocycles. The Bertz CT molecular complexity index is 914. The fourth-order valence-corrected chi connectivity index (χ4v) is 5.02. The summed E-state index contributed by atoms with van der Waals surface area (Å²) in [5.74, 6) is 0.360. The van der Waals surface area contributed by atoms with Gasteiger partial charge in [-0.1, -0.05) is 34.1 Å². The number of hydrogen-bond acceptors (Lipinski definition) is 5. The molecule has 152 valence electrons. The first-order valence-electron chi connectivity index (χ1n) is 9.22. The van der Waals surface area contributed by atoms with Gasteiger partial charge in [0.05, 0.1) is 19.8 Å². The van der Waals surface area contributed by atoms with E-state index in [2.05, 4.69) is 20.8 Å². The molecule has 0 bridgehead atoms. The highest BCUT2D eigenvalue weighted by atomic mass is 79.9. The maximum atomic E-state index is 13.3. The van der Waals surface area contributed by atoms with Crippen molar-refractivity contribution in [2.45, 2.75) is 18.4 Å². The SMILES string of the molecule is CCOc1ccc(Br)cc1S(=O)(=O)N(C)Cc1ccccc1N1CCOCC1. The van der Waals surface area contributed by atoms with Crippen molar-refractivity contribution in [3.05, 3.63) is 52.5 Å². The van der Waals surface area contributed by atoms with Crippen molar-refractivity contribution in [3.63, 3.8) is 0 Å². The van der Waals surface area contributed by atoms with Gasteiger partial charge in [0.2, 0.25) is 10.0 Å². The number of nitrogens with zero attached hydrogens (tertiary/aromatic N) is 2. The standard InChI is InChI=1S/C20H25BrN2O4S/c1-3-27-19-9-8-17(21)14-20(19)28(24,25)22(2)15-16-6-4-5-7-18(16)23-10-12-26-13-11-23/h4-9,14H,3,10-13,15H2,1-2H3. The Balaban J connectivity index is 1.89. The van der Waals surface area contributed by atoms with Crippen LogP contribution in [0.5, 0.6) is 5.75 Å². The quantitative estimate of drug-likeness (QED) is 0.622. The van der Waals surface area contributed by atoms with Gasteiger partial charge in [0.15, 0.2) is 0 Å². The number of benzene rings is 2. The molecule has 1 heterocycles. The molecule has 0 radical (unpaired) electrons. The first-order valence-corrected chi connectivity index (χ1v) is 11.5. The number of sulfonamides is 1. The topological polar surface area (TPSA) is 59.1 Å². The molecular formula is C20H25BrN2O4S. The van der Waals surface area contributed by atoms with E-state index in [1.807, 2.05) is 31.2 Å². The minimum absolute atomic E-state index is 0.162. The van der Waals surface area contributed by atoms with Gasteiger partial charge in [-0.3, -0.25) is 0 Å². The van der Waals surface area contributed by atoms with Gasteiger partial charge >= 0.3 is 0 Å². The summed E-state index contributed by atoms with van der Waals surface area (Å²) in [7, 11) is -2.13. The Morgan fingerprint density at radius 2 is 1.89 bits per heavy atom. The van der Waals surface area contributed by atoms with E-state index in [4.69, 9.17) is 9.47 Å². The van der Waals surface area contributed by atoms with E-state index in [1.54, 1.807) is 25.2 Å². The fourth-order valence-electron chi connectivity index (χ4n) is 3.21. The van der Waals surface area contributed by atoms with Crippen LogP contribution in [0.1, 0.15) is 12.5 Å². The van der Waals surface area contributed by atoms with Gasteiger partial charge in [0.1, 0.15) is 10.6 Å². The van der Waals surface area contributed by atoms with Crippen LogP contribution >= 0.6 is 15.9 Å². The van der Waals surface area contributed by atoms with Gasteiger partial charge in [0, 0.05) is 36.8 Å². The average Bonchev–Trinajstić information content (AvgIpc) is 2.70. The van der Waals surface area contributed by atoms with Crippen molar-refractivity contribution in [1.29, 1.82) is 0 Å². The minimum atomic E-state index is -3.72. The second kappa shape index (κ2) is 9.26. The molecule has 1 aliphatic heterocycles. The Kier molecular flexibility index (Phi) is 6.98. The molecule has 0 amide bonds. The Hall–Kier alpha value is -1.61. The summed E-state index contributed by atoms with van der Waals surface area (Å²) < 4.78 is 39.6. The van der Waals surface area contributed by atoms with Crippen LogP contribution in [-0.4, -0.2) is 52.7 Å². The Morgan fingerprint density at radius 3 is 2.61 bits per heavy atom. The minimum Gasteiger partial charge on any atom is -0.492 e. The summed E-state index contributed by atoms with van der Waals surface area (Å²) in [5.41, 5.74) is 2.01. The summed E-state index contributed by atoms with van der Waals surface area (Å²) >= 11 is 3.36. The van der Waals surface area contributed by atoms with Gasteiger partial charge in [-0.2, -0.15) is 4.31 Å². The zero-order chi connectivity index (χ0) is 20.1. The van der Waals surface area contributed by atoms with Crippen molar-refractivity contribution in [2.75, 3.05) is 44.9 Å². The second-order valence-electron chi connectivity index (χ2n) is 6.51.